The second kappa shape index (κ2) is 12.0. The Morgan fingerprint density at radius 2 is 1.68 bits per heavy atom. The number of benzene rings is 2. The SMILES string of the molecule is COc1ncc(-c2ccc3c(Cl)cnc(N4CCN(C(=O)OC(C)(C)C)CC4)c3c2)cc1NS(=O)(=O)c1ccc(F)cc1F. The quantitative estimate of drug-likeness (QED) is 0.268. The average molecular weight is 646 g/mol. The van der Waals surface area contributed by atoms with Gasteiger partial charge in [0.25, 0.3) is 10.0 Å². The van der Waals surface area contributed by atoms with E-state index in [1.807, 2.05) is 32.9 Å². The molecule has 3 heterocycles. The summed E-state index contributed by atoms with van der Waals surface area (Å²) in [6.07, 6.45) is 2.72. The molecule has 14 heteroatoms. The van der Waals surface area contributed by atoms with Crippen LogP contribution in [0.4, 0.5) is 25.1 Å². The number of methoxy groups -OCH3 is 1. The summed E-state index contributed by atoms with van der Waals surface area (Å²) < 4.78 is 66.7. The summed E-state index contributed by atoms with van der Waals surface area (Å²) in [7, 11) is -3.14. The number of amides is 1. The first-order chi connectivity index (χ1) is 20.8. The number of fused-ring (bicyclic) bond motifs is 1. The number of halogens is 3. The lowest BCUT2D eigenvalue weighted by Crippen LogP contribution is -2.50. The van der Waals surface area contributed by atoms with Gasteiger partial charge in [-0.1, -0.05) is 23.7 Å². The predicted octanol–water partition coefficient (Wildman–Crippen LogP) is 6.09. The number of aromatic nitrogens is 2. The average Bonchev–Trinajstić information content (AvgIpc) is 2.96. The maximum Gasteiger partial charge on any atom is 0.410 e. The Kier molecular flexibility index (Phi) is 8.54. The van der Waals surface area contributed by atoms with Crippen LogP contribution in [-0.4, -0.2) is 68.3 Å². The molecule has 1 aliphatic rings. The number of pyridine rings is 2. The molecule has 0 spiro atoms. The highest BCUT2D eigenvalue weighted by atomic mass is 35.5. The summed E-state index contributed by atoms with van der Waals surface area (Å²) in [6, 6.07) is 9.19. The van der Waals surface area contributed by atoms with E-state index in [0.29, 0.717) is 54.2 Å². The van der Waals surface area contributed by atoms with Crippen molar-refractivity contribution in [3.05, 3.63) is 71.5 Å². The molecule has 0 saturated carbocycles. The topological polar surface area (TPSA) is 114 Å². The van der Waals surface area contributed by atoms with Crippen LogP contribution in [-0.2, 0) is 14.8 Å². The molecular weight excluding hydrogens is 616 g/mol. The smallest absolute Gasteiger partial charge is 0.410 e. The Morgan fingerprint density at radius 3 is 2.34 bits per heavy atom. The van der Waals surface area contributed by atoms with E-state index < -0.39 is 32.2 Å². The molecule has 0 atom stereocenters. The van der Waals surface area contributed by atoms with E-state index in [1.165, 1.54) is 19.4 Å². The van der Waals surface area contributed by atoms with E-state index in [9.17, 15) is 22.0 Å². The number of sulfonamides is 1. The van der Waals surface area contributed by atoms with Gasteiger partial charge in [-0.15, -0.1) is 0 Å². The number of ether oxygens (including phenoxy) is 2. The second-order valence-corrected chi connectivity index (χ2v) is 13.2. The molecule has 4 aromatic rings. The van der Waals surface area contributed by atoms with Crippen LogP contribution in [0.1, 0.15) is 20.8 Å². The van der Waals surface area contributed by atoms with Gasteiger partial charge in [0.15, 0.2) is 0 Å². The van der Waals surface area contributed by atoms with Crippen LogP contribution < -0.4 is 14.4 Å². The van der Waals surface area contributed by atoms with Gasteiger partial charge in [-0.05, 0) is 50.6 Å². The van der Waals surface area contributed by atoms with Gasteiger partial charge in [-0.25, -0.2) is 32.0 Å². The third kappa shape index (κ3) is 6.63. The molecule has 1 N–H and O–H groups in total. The van der Waals surface area contributed by atoms with Crippen LogP contribution in [0.3, 0.4) is 0 Å². The number of hydrogen-bond acceptors (Lipinski definition) is 8. The van der Waals surface area contributed by atoms with E-state index >= 15 is 0 Å². The lowest BCUT2D eigenvalue weighted by atomic mass is 10.0. The third-order valence-electron chi connectivity index (χ3n) is 6.85. The second-order valence-electron chi connectivity index (χ2n) is 11.1. The minimum atomic E-state index is -4.46. The number of piperazine rings is 1. The van der Waals surface area contributed by atoms with Crippen molar-refractivity contribution in [1.29, 1.82) is 0 Å². The molecule has 1 fully saturated rings. The number of hydrogen-bond donors (Lipinski definition) is 1. The molecule has 2 aromatic heterocycles. The molecule has 0 bridgehead atoms. The van der Waals surface area contributed by atoms with E-state index in [4.69, 9.17) is 21.1 Å². The fourth-order valence-corrected chi connectivity index (χ4v) is 6.11. The number of nitrogens with zero attached hydrogens (tertiary/aromatic N) is 4. The van der Waals surface area contributed by atoms with Gasteiger partial charge in [0.05, 0.1) is 12.1 Å². The predicted molar refractivity (Wildman–Crippen MR) is 164 cm³/mol. The number of nitrogens with one attached hydrogen (secondary N) is 1. The molecular formula is C30H30ClF2N5O5S. The zero-order valence-electron chi connectivity index (χ0n) is 24.4. The van der Waals surface area contributed by atoms with Crippen LogP contribution in [0.5, 0.6) is 5.88 Å². The summed E-state index contributed by atoms with van der Waals surface area (Å²) in [5, 5.41) is 1.95. The Balaban J connectivity index is 1.46. The van der Waals surface area contributed by atoms with Gasteiger partial charge in [-0.2, -0.15) is 0 Å². The lowest BCUT2D eigenvalue weighted by molar-refractivity contribution is 0.0240. The van der Waals surface area contributed by atoms with Crippen molar-refractivity contribution >= 4 is 50.0 Å². The molecule has 0 unspecified atom stereocenters. The summed E-state index contributed by atoms with van der Waals surface area (Å²) >= 11 is 6.50. The Labute approximate surface area is 258 Å². The first-order valence-electron chi connectivity index (χ1n) is 13.6. The van der Waals surface area contributed by atoms with Crippen LogP contribution >= 0.6 is 11.6 Å². The molecule has 2 aromatic carbocycles. The molecule has 232 valence electrons. The van der Waals surface area contributed by atoms with Crippen molar-refractivity contribution in [3.8, 4) is 17.0 Å². The number of rotatable bonds is 6. The van der Waals surface area contributed by atoms with E-state index in [-0.39, 0.29) is 17.7 Å². The zero-order chi connectivity index (χ0) is 31.8. The molecule has 0 radical (unpaired) electrons. The molecule has 1 aliphatic heterocycles. The summed E-state index contributed by atoms with van der Waals surface area (Å²) in [6.45, 7) is 7.40. The van der Waals surface area contributed by atoms with Gasteiger partial charge >= 0.3 is 6.09 Å². The fraction of sp³-hybridized carbons (Fsp3) is 0.300. The van der Waals surface area contributed by atoms with Crippen molar-refractivity contribution in [1.82, 2.24) is 14.9 Å². The van der Waals surface area contributed by atoms with Crippen molar-refractivity contribution in [3.63, 3.8) is 0 Å². The normalized spacial score (nSPS) is 14.1. The van der Waals surface area contributed by atoms with Gasteiger partial charge in [0.2, 0.25) is 5.88 Å². The van der Waals surface area contributed by atoms with Gasteiger partial charge in [-0.3, -0.25) is 4.72 Å². The number of carbonyl (C=O) groups excluding carboxylic acids is 1. The third-order valence-corrected chi connectivity index (χ3v) is 8.55. The minimum Gasteiger partial charge on any atom is -0.480 e. The molecule has 10 nitrogen and oxygen atoms in total. The van der Waals surface area contributed by atoms with Crippen molar-refractivity contribution in [2.24, 2.45) is 0 Å². The highest BCUT2D eigenvalue weighted by Gasteiger charge is 2.27. The Morgan fingerprint density at radius 1 is 0.955 bits per heavy atom. The van der Waals surface area contributed by atoms with E-state index in [1.54, 1.807) is 17.2 Å². The van der Waals surface area contributed by atoms with Crippen molar-refractivity contribution in [2.45, 2.75) is 31.3 Å². The molecule has 1 amide bonds. The number of anilines is 2. The summed E-state index contributed by atoms with van der Waals surface area (Å²) in [5.74, 6) is -1.52. The Hall–Kier alpha value is -4.23. The monoisotopic (exact) mass is 645 g/mol. The van der Waals surface area contributed by atoms with Gasteiger partial charge in [0.1, 0.15) is 33.6 Å². The van der Waals surface area contributed by atoms with Crippen molar-refractivity contribution < 1.29 is 31.5 Å². The van der Waals surface area contributed by atoms with Crippen LogP contribution in [0, 0.1) is 11.6 Å². The van der Waals surface area contributed by atoms with Crippen LogP contribution in [0.2, 0.25) is 5.02 Å². The number of carbonyl (C=O) groups is 1. The first-order valence-corrected chi connectivity index (χ1v) is 15.5. The summed E-state index contributed by atoms with van der Waals surface area (Å²) in [5.41, 5.74) is 0.548. The largest absolute Gasteiger partial charge is 0.480 e. The van der Waals surface area contributed by atoms with E-state index in [0.717, 1.165) is 22.9 Å². The van der Waals surface area contributed by atoms with Crippen molar-refractivity contribution in [2.75, 3.05) is 42.9 Å². The molecule has 1 saturated heterocycles. The van der Waals surface area contributed by atoms with Gasteiger partial charge < -0.3 is 19.3 Å². The highest BCUT2D eigenvalue weighted by Crippen LogP contribution is 2.36. The Bertz CT molecular complexity index is 1840. The van der Waals surface area contributed by atoms with Crippen LogP contribution in [0.25, 0.3) is 21.9 Å². The standard InChI is InChI=1S/C30H30ClF2N5O5S/c1-30(2,3)43-29(39)38-11-9-37(10-12-38)27-22-13-18(5-7-21(22)23(31)17-34-27)19-14-25(28(42-4)35-16-19)36-44(40,41)26-8-6-20(32)15-24(26)33/h5-8,13-17,36H,9-12H2,1-4H3. The molecule has 44 heavy (non-hydrogen) atoms. The first kappa shape index (κ1) is 31.2. The highest BCUT2D eigenvalue weighted by molar-refractivity contribution is 7.92. The lowest BCUT2D eigenvalue weighted by Gasteiger charge is -2.36. The summed E-state index contributed by atoms with van der Waals surface area (Å²) in [4.78, 5) is 24.4. The minimum absolute atomic E-state index is 0.0449. The van der Waals surface area contributed by atoms with Crippen LogP contribution in [0.15, 0.2) is 59.8 Å². The zero-order valence-corrected chi connectivity index (χ0v) is 26.0. The van der Waals surface area contributed by atoms with Gasteiger partial charge in [0, 0.05) is 61.0 Å². The fourth-order valence-electron chi connectivity index (χ4n) is 4.79. The maximum absolute atomic E-state index is 14.3. The maximum atomic E-state index is 14.3. The van der Waals surface area contributed by atoms with E-state index in [2.05, 4.69) is 19.6 Å². The molecule has 5 rings (SSSR count). The molecule has 0 aliphatic carbocycles.